The number of hydrogen-bond donors (Lipinski definition) is 2. The SMILES string of the molecule is CCOC(=O)C1CCC[C@@H](C)C(=O)Nc2cc(NC(=O)OC)ccc2-c2cnc1o2. The van der Waals surface area contributed by atoms with Crippen molar-refractivity contribution in [1.82, 2.24) is 4.98 Å². The molecule has 0 saturated heterocycles. The van der Waals surface area contributed by atoms with E-state index in [1.165, 1.54) is 13.3 Å². The Bertz CT molecular complexity index is 939. The second-order valence-corrected chi connectivity index (χ2v) is 7.07. The Hall–Kier alpha value is -3.36. The summed E-state index contributed by atoms with van der Waals surface area (Å²) >= 11 is 0. The van der Waals surface area contributed by atoms with E-state index in [0.29, 0.717) is 42.0 Å². The van der Waals surface area contributed by atoms with Crippen molar-refractivity contribution in [3.8, 4) is 11.3 Å². The first-order valence-corrected chi connectivity index (χ1v) is 9.85. The number of nitrogens with zero attached hydrogens (tertiary/aromatic N) is 1. The molecule has 3 rings (SSSR count). The molecule has 160 valence electrons. The Morgan fingerprint density at radius 2 is 2.13 bits per heavy atom. The first-order valence-electron chi connectivity index (χ1n) is 9.85. The highest BCUT2D eigenvalue weighted by Gasteiger charge is 2.29. The molecule has 1 aliphatic rings. The van der Waals surface area contributed by atoms with Crippen LogP contribution in [-0.4, -0.2) is 36.7 Å². The molecule has 2 amide bonds. The Labute approximate surface area is 174 Å². The van der Waals surface area contributed by atoms with Crippen molar-refractivity contribution in [3.63, 3.8) is 0 Å². The summed E-state index contributed by atoms with van der Waals surface area (Å²) in [4.78, 5) is 41.0. The predicted octanol–water partition coefficient (Wildman–Crippen LogP) is 3.93. The third-order valence-corrected chi connectivity index (χ3v) is 4.94. The maximum absolute atomic E-state index is 12.7. The van der Waals surface area contributed by atoms with Crippen LogP contribution in [0.3, 0.4) is 0 Å². The lowest BCUT2D eigenvalue weighted by Crippen LogP contribution is -2.22. The number of nitrogens with one attached hydrogen (secondary N) is 2. The molecule has 2 atom stereocenters. The monoisotopic (exact) mass is 415 g/mol. The van der Waals surface area contributed by atoms with Gasteiger partial charge in [0.15, 0.2) is 5.76 Å². The van der Waals surface area contributed by atoms with E-state index in [-0.39, 0.29) is 24.3 Å². The molecule has 2 aromatic rings. The largest absolute Gasteiger partial charge is 0.465 e. The summed E-state index contributed by atoms with van der Waals surface area (Å²) in [5.74, 6) is -0.778. The van der Waals surface area contributed by atoms with Crippen molar-refractivity contribution >= 4 is 29.3 Å². The molecule has 9 nitrogen and oxygen atoms in total. The van der Waals surface area contributed by atoms with Gasteiger partial charge in [0.05, 0.1) is 25.6 Å². The lowest BCUT2D eigenvalue weighted by molar-refractivity contribution is -0.145. The van der Waals surface area contributed by atoms with Gasteiger partial charge >= 0.3 is 12.1 Å². The van der Waals surface area contributed by atoms with Gasteiger partial charge < -0.3 is 19.2 Å². The minimum Gasteiger partial charge on any atom is -0.465 e. The Morgan fingerprint density at radius 1 is 1.33 bits per heavy atom. The fourth-order valence-electron chi connectivity index (χ4n) is 3.28. The van der Waals surface area contributed by atoms with E-state index >= 15 is 0 Å². The van der Waals surface area contributed by atoms with Gasteiger partial charge in [-0.1, -0.05) is 13.3 Å². The molecule has 9 heteroatoms. The van der Waals surface area contributed by atoms with E-state index in [4.69, 9.17) is 9.15 Å². The van der Waals surface area contributed by atoms with Gasteiger partial charge in [-0.05, 0) is 38.0 Å². The predicted molar refractivity (Wildman–Crippen MR) is 109 cm³/mol. The van der Waals surface area contributed by atoms with Crippen molar-refractivity contribution in [2.24, 2.45) is 5.92 Å². The Balaban J connectivity index is 2.03. The Kier molecular flexibility index (Phi) is 6.71. The highest BCUT2D eigenvalue weighted by molar-refractivity contribution is 5.98. The van der Waals surface area contributed by atoms with Gasteiger partial charge in [-0.15, -0.1) is 0 Å². The number of benzene rings is 1. The van der Waals surface area contributed by atoms with Crippen LogP contribution in [-0.2, 0) is 19.1 Å². The van der Waals surface area contributed by atoms with Crippen molar-refractivity contribution in [2.45, 2.75) is 39.0 Å². The molecule has 1 aliphatic heterocycles. The second kappa shape index (κ2) is 9.43. The van der Waals surface area contributed by atoms with Crippen molar-refractivity contribution in [3.05, 3.63) is 30.3 Å². The van der Waals surface area contributed by atoms with Crippen LogP contribution in [0.25, 0.3) is 11.3 Å². The highest BCUT2D eigenvalue weighted by atomic mass is 16.5. The normalized spacial score (nSPS) is 18.8. The first-order chi connectivity index (χ1) is 14.4. The van der Waals surface area contributed by atoms with Crippen LogP contribution in [0.5, 0.6) is 0 Å². The van der Waals surface area contributed by atoms with Crippen molar-refractivity contribution in [2.75, 3.05) is 24.4 Å². The van der Waals surface area contributed by atoms with Gasteiger partial charge in [-0.3, -0.25) is 14.9 Å². The van der Waals surface area contributed by atoms with Crippen LogP contribution in [0, 0.1) is 5.92 Å². The number of oxazole rings is 1. The third kappa shape index (κ3) is 4.79. The molecule has 1 unspecified atom stereocenters. The zero-order chi connectivity index (χ0) is 21.7. The smallest absolute Gasteiger partial charge is 0.411 e. The summed E-state index contributed by atoms with van der Waals surface area (Å²) in [5, 5.41) is 5.47. The lowest BCUT2D eigenvalue weighted by atomic mass is 9.96. The van der Waals surface area contributed by atoms with Gasteiger partial charge in [0.2, 0.25) is 11.8 Å². The van der Waals surface area contributed by atoms with Gasteiger partial charge in [0.1, 0.15) is 5.92 Å². The quantitative estimate of drug-likeness (QED) is 0.729. The average molecular weight is 415 g/mol. The summed E-state index contributed by atoms with van der Waals surface area (Å²) in [6, 6.07) is 4.97. The zero-order valence-corrected chi connectivity index (χ0v) is 17.2. The van der Waals surface area contributed by atoms with Gasteiger partial charge in [0.25, 0.3) is 0 Å². The fraction of sp³-hybridized carbons (Fsp3) is 0.429. The Morgan fingerprint density at radius 3 is 2.87 bits per heavy atom. The molecule has 1 aromatic carbocycles. The van der Waals surface area contributed by atoms with Gasteiger partial charge in [-0.25, -0.2) is 9.78 Å². The van der Waals surface area contributed by atoms with E-state index in [0.717, 1.165) is 0 Å². The van der Waals surface area contributed by atoms with Crippen LogP contribution in [0.15, 0.2) is 28.8 Å². The van der Waals surface area contributed by atoms with E-state index in [1.54, 1.807) is 25.1 Å². The molecule has 0 fully saturated rings. The fourth-order valence-corrected chi connectivity index (χ4v) is 3.28. The number of aromatic nitrogens is 1. The number of carbonyl (C=O) groups excluding carboxylic acids is 3. The van der Waals surface area contributed by atoms with Crippen LogP contribution < -0.4 is 10.6 Å². The number of hydrogen-bond acceptors (Lipinski definition) is 7. The molecule has 2 N–H and O–H groups in total. The third-order valence-electron chi connectivity index (χ3n) is 4.94. The van der Waals surface area contributed by atoms with Gasteiger partial charge in [0, 0.05) is 17.2 Å². The minimum absolute atomic E-state index is 0.167. The molecule has 2 bridgehead atoms. The second-order valence-electron chi connectivity index (χ2n) is 7.07. The molecular weight excluding hydrogens is 390 g/mol. The number of amides is 2. The molecule has 0 spiro atoms. The molecular formula is C21H25N3O6. The van der Waals surface area contributed by atoms with E-state index < -0.39 is 18.0 Å². The number of esters is 1. The van der Waals surface area contributed by atoms with Crippen LogP contribution in [0.1, 0.15) is 44.9 Å². The van der Waals surface area contributed by atoms with E-state index in [9.17, 15) is 14.4 Å². The number of rotatable bonds is 3. The summed E-state index contributed by atoms with van der Waals surface area (Å²) in [7, 11) is 1.27. The number of ether oxygens (including phenoxy) is 2. The zero-order valence-electron chi connectivity index (χ0n) is 17.2. The maximum atomic E-state index is 12.7. The van der Waals surface area contributed by atoms with Crippen molar-refractivity contribution < 1.29 is 28.3 Å². The standard InChI is InChI=1S/C21H25N3O6/c1-4-29-20(26)15-7-5-6-12(2)18(25)24-16-10-13(23-21(27)28-3)8-9-14(16)17-11-22-19(15)30-17/h8-12,15H,4-7H2,1-3H3,(H,23,27)(H,24,25)/t12-,15?/m1/s1. The first kappa shape index (κ1) is 21.4. The molecule has 0 aliphatic carbocycles. The maximum Gasteiger partial charge on any atom is 0.411 e. The number of fused-ring (bicyclic) bond motifs is 4. The van der Waals surface area contributed by atoms with Crippen LogP contribution >= 0.6 is 0 Å². The summed E-state index contributed by atoms with van der Waals surface area (Å²) in [5.41, 5.74) is 1.48. The number of methoxy groups -OCH3 is 1. The molecule has 2 heterocycles. The number of carbonyl (C=O) groups is 3. The lowest BCUT2D eigenvalue weighted by Gasteiger charge is -2.18. The van der Waals surface area contributed by atoms with Crippen LogP contribution in [0.2, 0.25) is 0 Å². The summed E-state index contributed by atoms with van der Waals surface area (Å²) in [6.45, 7) is 3.84. The highest BCUT2D eigenvalue weighted by Crippen LogP contribution is 2.35. The average Bonchev–Trinajstić information content (AvgIpc) is 3.20. The molecule has 1 aromatic heterocycles. The van der Waals surface area contributed by atoms with Crippen molar-refractivity contribution in [1.29, 1.82) is 0 Å². The summed E-state index contributed by atoms with van der Waals surface area (Å²) < 4.78 is 15.7. The van der Waals surface area contributed by atoms with E-state index in [2.05, 4.69) is 20.4 Å². The molecule has 0 radical (unpaired) electrons. The topological polar surface area (TPSA) is 120 Å². The molecule has 0 saturated carbocycles. The van der Waals surface area contributed by atoms with E-state index in [1.807, 2.05) is 6.92 Å². The summed E-state index contributed by atoms with van der Waals surface area (Å²) in [6.07, 6.45) is 2.59. The minimum atomic E-state index is -0.628. The van der Waals surface area contributed by atoms with Gasteiger partial charge in [-0.2, -0.15) is 0 Å². The molecule has 30 heavy (non-hydrogen) atoms. The number of anilines is 2. The van der Waals surface area contributed by atoms with Crippen LogP contribution in [0.4, 0.5) is 16.2 Å².